The highest BCUT2D eigenvalue weighted by Gasteiger charge is 2.35. The third kappa shape index (κ3) is 4.64. The van der Waals surface area contributed by atoms with Crippen LogP contribution in [0.5, 0.6) is 0 Å². The summed E-state index contributed by atoms with van der Waals surface area (Å²) in [6.45, 7) is 4.09. The standard InChI is InChI=1S/C16H21F2N3O2/c1-10(2)7-19-15(22)11-3-5-12(6-4-11)20-16(23)21-8-13(17)14(18)9-21/h3-6,10,13-14H,7-9H2,1-2H3,(H,19,22)(H,20,23)/t13-,14+. The summed E-state index contributed by atoms with van der Waals surface area (Å²) < 4.78 is 26.2. The topological polar surface area (TPSA) is 61.4 Å². The Bertz CT molecular complexity index is 553. The maximum absolute atomic E-state index is 13.1. The van der Waals surface area contributed by atoms with Crippen molar-refractivity contribution < 1.29 is 18.4 Å². The molecule has 7 heteroatoms. The Morgan fingerprint density at radius 1 is 1.17 bits per heavy atom. The number of amides is 3. The molecule has 0 unspecified atom stereocenters. The first kappa shape index (κ1) is 17.2. The summed E-state index contributed by atoms with van der Waals surface area (Å²) in [4.78, 5) is 24.9. The smallest absolute Gasteiger partial charge is 0.322 e. The van der Waals surface area contributed by atoms with Crippen LogP contribution in [0.25, 0.3) is 0 Å². The molecule has 0 saturated carbocycles. The third-order valence-corrected chi connectivity index (χ3v) is 3.54. The fourth-order valence-electron chi connectivity index (χ4n) is 2.20. The largest absolute Gasteiger partial charge is 0.352 e. The van der Waals surface area contributed by atoms with Crippen LogP contribution >= 0.6 is 0 Å². The Hall–Kier alpha value is -2.18. The summed E-state index contributed by atoms with van der Waals surface area (Å²) in [6.07, 6.45) is -3.26. The molecule has 0 aromatic heterocycles. The number of halogens is 2. The van der Waals surface area contributed by atoms with E-state index in [4.69, 9.17) is 0 Å². The Morgan fingerprint density at radius 2 is 1.74 bits per heavy atom. The van der Waals surface area contributed by atoms with Crippen LogP contribution in [0.1, 0.15) is 24.2 Å². The van der Waals surface area contributed by atoms with Crippen molar-refractivity contribution in [2.24, 2.45) is 5.92 Å². The Balaban J connectivity index is 1.90. The zero-order valence-corrected chi connectivity index (χ0v) is 13.2. The van der Waals surface area contributed by atoms with E-state index in [1.807, 2.05) is 13.8 Å². The van der Waals surface area contributed by atoms with Gasteiger partial charge in [0, 0.05) is 17.8 Å². The average Bonchev–Trinajstić information content (AvgIpc) is 2.85. The zero-order chi connectivity index (χ0) is 17.0. The van der Waals surface area contributed by atoms with Gasteiger partial charge in [-0.2, -0.15) is 0 Å². The number of rotatable bonds is 4. The minimum absolute atomic E-state index is 0.184. The van der Waals surface area contributed by atoms with Gasteiger partial charge in [-0.15, -0.1) is 0 Å². The molecule has 0 spiro atoms. The molecule has 126 valence electrons. The Kier molecular flexibility index (Phi) is 5.52. The second-order valence-corrected chi connectivity index (χ2v) is 6.05. The number of carbonyl (C=O) groups is 2. The molecule has 1 fully saturated rings. The first-order valence-corrected chi connectivity index (χ1v) is 7.59. The Labute approximate surface area is 134 Å². The number of anilines is 1. The molecule has 2 rings (SSSR count). The summed E-state index contributed by atoms with van der Waals surface area (Å²) in [6, 6.07) is 5.79. The predicted molar refractivity (Wildman–Crippen MR) is 84.0 cm³/mol. The molecule has 1 aliphatic heterocycles. The minimum Gasteiger partial charge on any atom is -0.352 e. The normalized spacial score (nSPS) is 20.7. The van der Waals surface area contributed by atoms with Crippen LogP contribution in [0.4, 0.5) is 19.3 Å². The molecule has 2 N–H and O–H groups in total. The highest BCUT2D eigenvalue weighted by molar-refractivity contribution is 5.95. The summed E-state index contributed by atoms with van der Waals surface area (Å²) in [5.41, 5.74) is 0.950. The molecule has 0 bridgehead atoms. The van der Waals surface area contributed by atoms with Gasteiger partial charge in [0.25, 0.3) is 5.91 Å². The van der Waals surface area contributed by atoms with Crippen LogP contribution in [0.15, 0.2) is 24.3 Å². The number of likely N-dealkylation sites (tertiary alicyclic amines) is 1. The number of benzene rings is 1. The van der Waals surface area contributed by atoms with E-state index in [1.54, 1.807) is 24.3 Å². The fraction of sp³-hybridized carbons (Fsp3) is 0.500. The predicted octanol–water partition coefficient (Wildman–Crippen LogP) is 2.60. The van der Waals surface area contributed by atoms with Gasteiger partial charge < -0.3 is 15.5 Å². The van der Waals surface area contributed by atoms with Gasteiger partial charge in [0.05, 0.1) is 13.1 Å². The van der Waals surface area contributed by atoms with Crippen LogP contribution in [0.3, 0.4) is 0 Å². The first-order chi connectivity index (χ1) is 10.9. The summed E-state index contributed by atoms with van der Waals surface area (Å²) in [5.74, 6) is 0.174. The van der Waals surface area contributed by atoms with Gasteiger partial charge in [-0.3, -0.25) is 4.79 Å². The molecular weight excluding hydrogens is 304 g/mol. The quantitative estimate of drug-likeness (QED) is 0.894. The lowest BCUT2D eigenvalue weighted by Crippen LogP contribution is -2.33. The highest BCUT2D eigenvalue weighted by atomic mass is 19.2. The number of nitrogens with one attached hydrogen (secondary N) is 2. The molecule has 0 radical (unpaired) electrons. The zero-order valence-electron chi connectivity index (χ0n) is 13.2. The molecule has 1 aromatic carbocycles. The van der Waals surface area contributed by atoms with Crippen molar-refractivity contribution in [2.45, 2.75) is 26.2 Å². The van der Waals surface area contributed by atoms with E-state index in [1.165, 1.54) is 0 Å². The lowest BCUT2D eigenvalue weighted by atomic mass is 10.1. The molecule has 0 aliphatic carbocycles. The van der Waals surface area contributed by atoms with E-state index in [9.17, 15) is 18.4 Å². The maximum Gasteiger partial charge on any atom is 0.322 e. The number of urea groups is 1. The van der Waals surface area contributed by atoms with Crippen molar-refractivity contribution >= 4 is 17.6 Å². The van der Waals surface area contributed by atoms with E-state index >= 15 is 0 Å². The van der Waals surface area contributed by atoms with Crippen molar-refractivity contribution in [3.05, 3.63) is 29.8 Å². The van der Waals surface area contributed by atoms with Crippen LogP contribution < -0.4 is 10.6 Å². The number of hydrogen-bond acceptors (Lipinski definition) is 2. The van der Waals surface area contributed by atoms with Gasteiger partial charge in [0.15, 0.2) is 12.3 Å². The SMILES string of the molecule is CC(C)CNC(=O)c1ccc(NC(=O)N2C[C@@H](F)[C@@H](F)C2)cc1. The molecule has 1 aliphatic rings. The molecular formula is C16H21F2N3O2. The molecule has 1 aromatic rings. The van der Waals surface area contributed by atoms with Gasteiger partial charge in [-0.25, -0.2) is 13.6 Å². The molecule has 3 amide bonds. The van der Waals surface area contributed by atoms with Crippen LogP contribution in [0, 0.1) is 5.92 Å². The number of alkyl halides is 2. The van der Waals surface area contributed by atoms with Crippen molar-refractivity contribution in [2.75, 3.05) is 25.0 Å². The Morgan fingerprint density at radius 3 is 2.26 bits per heavy atom. The monoisotopic (exact) mass is 325 g/mol. The van der Waals surface area contributed by atoms with E-state index < -0.39 is 18.4 Å². The van der Waals surface area contributed by atoms with Gasteiger partial charge in [-0.05, 0) is 30.2 Å². The second kappa shape index (κ2) is 7.39. The van der Waals surface area contributed by atoms with Crippen molar-refractivity contribution in [1.29, 1.82) is 0 Å². The number of hydrogen-bond donors (Lipinski definition) is 2. The van der Waals surface area contributed by atoms with Crippen molar-refractivity contribution in [3.63, 3.8) is 0 Å². The maximum atomic E-state index is 13.1. The van der Waals surface area contributed by atoms with Crippen LogP contribution in [-0.4, -0.2) is 48.8 Å². The fourth-order valence-corrected chi connectivity index (χ4v) is 2.20. The molecule has 23 heavy (non-hydrogen) atoms. The van der Waals surface area contributed by atoms with Crippen molar-refractivity contribution in [1.82, 2.24) is 10.2 Å². The summed E-state index contributed by atoms with van der Waals surface area (Å²) >= 11 is 0. The van der Waals surface area contributed by atoms with E-state index in [2.05, 4.69) is 10.6 Å². The van der Waals surface area contributed by atoms with Gasteiger partial charge in [0.1, 0.15) is 0 Å². The minimum atomic E-state index is -1.63. The molecule has 1 heterocycles. The number of nitrogens with zero attached hydrogens (tertiary/aromatic N) is 1. The molecule has 2 atom stereocenters. The number of carbonyl (C=O) groups excluding carboxylic acids is 2. The van der Waals surface area contributed by atoms with Crippen molar-refractivity contribution in [3.8, 4) is 0 Å². The third-order valence-electron chi connectivity index (χ3n) is 3.54. The second-order valence-electron chi connectivity index (χ2n) is 6.05. The summed E-state index contributed by atoms with van der Waals surface area (Å²) in [7, 11) is 0. The lowest BCUT2D eigenvalue weighted by molar-refractivity contribution is 0.0949. The van der Waals surface area contributed by atoms with Gasteiger partial charge in [0.2, 0.25) is 0 Å². The summed E-state index contributed by atoms with van der Waals surface area (Å²) in [5, 5.41) is 5.36. The lowest BCUT2D eigenvalue weighted by Gasteiger charge is -2.16. The van der Waals surface area contributed by atoms with Gasteiger partial charge in [-0.1, -0.05) is 13.8 Å². The van der Waals surface area contributed by atoms with Crippen LogP contribution in [-0.2, 0) is 0 Å². The van der Waals surface area contributed by atoms with E-state index in [0.717, 1.165) is 4.90 Å². The van der Waals surface area contributed by atoms with Gasteiger partial charge >= 0.3 is 6.03 Å². The van der Waals surface area contributed by atoms with E-state index in [0.29, 0.717) is 23.7 Å². The van der Waals surface area contributed by atoms with E-state index in [-0.39, 0.29) is 19.0 Å². The molecule has 1 saturated heterocycles. The first-order valence-electron chi connectivity index (χ1n) is 7.59. The average molecular weight is 325 g/mol. The van der Waals surface area contributed by atoms with Crippen LogP contribution in [0.2, 0.25) is 0 Å². The molecule has 5 nitrogen and oxygen atoms in total. The highest BCUT2D eigenvalue weighted by Crippen LogP contribution is 2.18.